The zero-order valence-corrected chi connectivity index (χ0v) is 12.5. The predicted molar refractivity (Wildman–Crippen MR) is 87.0 cm³/mol. The Morgan fingerprint density at radius 3 is 2.62 bits per heavy atom. The van der Waals surface area contributed by atoms with E-state index in [-0.39, 0.29) is 0 Å². The van der Waals surface area contributed by atoms with E-state index in [1.54, 1.807) is 6.20 Å². The molecule has 0 radical (unpaired) electrons. The summed E-state index contributed by atoms with van der Waals surface area (Å²) in [7, 11) is 0. The van der Waals surface area contributed by atoms with Gasteiger partial charge in [0.25, 0.3) is 0 Å². The van der Waals surface area contributed by atoms with Crippen molar-refractivity contribution in [1.82, 2.24) is 9.78 Å². The monoisotopic (exact) mass is 295 g/mol. The maximum atomic E-state index is 4.25. The van der Waals surface area contributed by atoms with Crippen molar-refractivity contribution in [3.63, 3.8) is 0 Å². The largest absolute Gasteiger partial charge is 0.377 e. The summed E-state index contributed by atoms with van der Waals surface area (Å²) >= 11 is 1.84. The van der Waals surface area contributed by atoms with Crippen LogP contribution in [-0.4, -0.2) is 9.78 Å². The summed E-state index contributed by atoms with van der Waals surface area (Å²) < 4.78 is 1.88. The molecule has 21 heavy (non-hydrogen) atoms. The normalized spacial score (nSPS) is 15.8. The standard InChI is InChI=1S/C17H17N3S/c1-3-16(21-12-1)17(13-4-5-13)19-14-6-8-15(9-7-14)20-11-2-10-18-20/h1-3,6-13,17,19H,4-5H2. The van der Waals surface area contributed by atoms with Crippen LogP contribution in [0.1, 0.15) is 23.8 Å². The molecule has 1 N–H and O–H groups in total. The highest BCUT2D eigenvalue weighted by Gasteiger charge is 2.32. The van der Waals surface area contributed by atoms with E-state index in [4.69, 9.17) is 0 Å². The van der Waals surface area contributed by atoms with E-state index >= 15 is 0 Å². The molecule has 0 bridgehead atoms. The van der Waals surface area contributed by atoms with E-state index in [9.17, 15) is 0 Å². The molecular weight excluding hydrogens is 278 g/mol. The summed E-state index contributed by atoms with van der Waals surface area (Å²) in [6.45, 7) is 0. The van der Waals surface area contributed by atoms with Crippen molar-refractivity contribution in [3.8, 4) is 5.69 Å². The molecule has 1 aliphatic carbocycles. The van der Waals surface area contributed by atoms with Crippen LogP contribution in [0.15, 0.2) is 60.2 Å². The highest BCUT2D eigenvalue weighted by atomic mass is 32.1. The maximum absolute atomic E-state index is 4.25. The minimum Gasteiger partial charge on any atom is -0.377 e. The first kappa shape index (κ1) is 12.7. The number of hydrogen-bond donors (Lipinski definition) is 1. The van der Waals surface area contributed by atoms with Crippen LogP contribution in [0.25, 0.3) is 5.69 Å². The van der Waals surface area contributed by atoms with Gasteiger partial charge in [0.2, 0.25) is 0 Å². The van der Waals surface area contributed by atoms with Gasteiger partial charge in [0.05, 0.1) is 11.7 Å². The molecular formula is C17H17N3S. The zero-order valence-electron chi connectivity index (χ0n) is 11.6. The van der Waals surface area contributed by atoms with Crippen molar-refractivity contribution in [1.29, 1.82) is 0 Å². The Morgan fingerprint density at radius 2 is 2.00 bits per heavy atom. The highest BCUT2D eigenvalue weighted by Crippen LogP contribution is 2.44. The fourth-order valence-electron chi connectivity index (χ4n) is 2.63. The van der Waals surface area contributed by atoms with Gasteiger partial charge in [-0.25, -0.2) is 4.68 Å². The Kier molecular flexibility index (Phi) is 3.24. The average molecular weight is 295 g/mol. The smallest absolute Gasteiger partial charge is 0.0647 e. The van der Waals surface area contributed by atoms with E-state index < -0.39 is 0 Å². The Morgan fingerprint density at radius 1 is 1.14 bits per heavy atom. The van der Waals surface area contributed by atoms with Crippen molar-refractivity contribution < 1.29 is 0 Å². The molecule has 0 saturated heterocycles. The number of benzene rings is 1. The van der Waals surface area contributed by atoms with Crippen LogP contribution in [0.4, 0.5) is 5.69 Å². The van der Waals surface area contributed by atoms with Crippen molar-refractivity contribution in [2.75, 3.05) is 5.32 Å². The molecule has 0 amide bonds. The van der Waals surface area contributed by atoms with Crippen LogP contribution in [0.3, 0.4) is 0 Å². The topological polar surface area (TPSA) is 29.9 Å². The van der Waals surface area contributed by atoms with Gasteiger partial charge in [-0.3, -0.25) is 0 Å². The molecule has 1 fully saturated rings. The minimum atomic E-state index is 0.459. The van der Waals surface area contributed by atoms with Crippen molar-refractivity contribution in [2.24, 2.45) is 5.92 Å². The molecule has 1 atom stereocenters. The summed E-state index contributed by atoms with van der Waals surface area (Å²) in [5.74, 6) is 0.787. The number of nitrogens with zero attached hydrogens (tertiary/aromatic N) is 2. The van der Waals surface area contributed by atoms with Crippen molar-refractivity contribution in [2.45, 2.75) is 18.9 Å². The first-order valence-corrected chi connectivity index (χ1v) is 8.18. The molecule has 4 rings (SSSR count). The van der Waals surface area contributed by atoms with E-state index in [2.05, 4.69) is 52.2 Å². The second-order valence-corrected chi connectivity index (χ2v) is 6.45. The lowest BCUT2D eigenvalue weighted by Gasteiger charge is -2.18. The molecule has 0 aliphatic heterocycles. The molecule has 106 valence electrons. The SMILES string of the molecule is c1csc(C(Nc2ccc(-n3cccn3)cc2)C2CC2)c1. The van der Waals surface area contributed by atoms with Crippen LogP contribution in [0.2, 0.25) is 0 Å². The lowest BCUT2D eigenvalue weighted by atomic mass is 10.1. The van der Waals surface area contributed by atoms with Gasteiger partial charge in [0, 0.05) is 23.0 Å². The van der Waals surface area contributed by atoms with Gasteiger partial charge in [0.15, 0.2) is 0 Å². The van der Waals surface area contributed by atoms with Gasteiger partial charge in [-0.15, -0.1) is 11.3 Å². The molecule has 1 aromatic carbocycles. The van der Waals surface area contributed by atoms with Crippen LogP contribution in [-0.2, 0) is 0 Å². The zero-order chi connectivity index (χ0) is 14.1. The van der Waals surface area contributed by atoms with Crippen LogP contribution >= 0.6 is 11.3 Å². The molecule has 1 aliphatic rings. The number of nitrogens with one attached hydrogen (secondary N) is 1. The quantitative estimate of drug-likeness (QED) is 0.751. The molecule has 0 spiro atoms. The Hall–Kier alpha value is -2.07. The third-order valence-electron chi connectivity index (χ3n) is 3.90. The third-order valence-corrected chi connectivity index (χ3v) is 4.86. The van der Waals surface area contributed by atoms with Crippen LogP contribution in [0.5, 0.6) is 0 Å². The molecule has 4 heteroatoms. The number of rotatable bonds is 5. The number of aromatic nitrogens is 2. The fourth-order valence-corrected chi connectivity index (χ4v) is 3.50. The maximum Gasteiger partial charge on any atom is 0.0647 e. The second-order valence-electron chi connectivity index (χ2n) is 5.47. The number of thiophene rings is 1. The lowest BCUT2D eigenvalue weighted by Crippen LogP contribution is -2.11. The van der Waals surface area contributed by atoms with Gasteiger partial charge < -0.3 is 5.32 Å². The molecule has 2 heterocycles. The summed E-state index contributed by atoms with van der Waals surface area (Å²) in [6, 6.07) is 15.3. The van der Waals surface area contributed by atoms with Gasteiger partial charge >= 0.3 is 0 Å². The van der Waals surface area contributed by atoms with E-state index in [1.807, 2.05) is 28.3 Å². The average Bonchev–Trinajstić information content (AvgIpc) is 3.01. The second kappa shape index (κ2) is 5.37. The van der Waals surface area contributed by atoms with E-state index in [0.717, 1.165) is 11.6 Å². The molecule has 3 nitrogen and oxygen atoms in total. The van der Waals surface area contributed by atoms with Gasteiger partial charge in [-0.2, -0.15) is 5.10 Å². The molecule has 1 unspecified atom stereocenters. The van der Waals surface area contributed by atoms with Crippen LogP contribution in [0, 0.1) is 5.92 Å². The first-order valence-electron chi connectivity index (χ1n) is 7.30. The first-order chi connectivity index (χ1) is 10.4. The van der Waals surface area contributed by atoms with Gasteiger partial charge in [-0.1, -0.05) is 6.07 Å². The summed E-state index contributed by atoms with van der Waals surface area (Å²) in [5.41, 5.74) is 2.26. The Bertz CT molecular complexity index is 682. The Labute approximate surface area is 128 Å². The summed E-state index contributed by atoms with van der Waals surface area (Å²) in [5, 5.41) is 10.1. The number of anilines is 1. The summed E-state index contributed by atoms with van der Waals surface area (Å²) in [4.78, 5) is 1.44. The molecule has 3 aromatic rings. The lowest BCUT2D eigenvalue weighted by molar-refractivity contribution is 0.691. The van der Waals surface area contributed by atoms with E-state index in [0.29, 0.717) is 6.04 Å². The van der Waals surface area contributed by atoms with Gasteiger partial charge in [-0.05, 0) is 60.5 Å². The van der Waals surface area contributed by atoms with Gasteiger partial charge in [0.1, 0.15) is 0 Å². The van der Waals surface area contributed by atoms with Crippen LogP contribution < -0.4 is 5.32 Å². The highest BCUT2D eigenvalue weighted by molar-refractivity contribution is 7.10. The fraction of sp³-hybridized carbons (Fsp3) is 0.235. The Balaban J connectivity index is 1.53. The van der Waals surface area contributed by atoms with Crippen molar-refractivity contribution in [3.05, 3.63) is 65.1 Å². The third kappa shape index (κ3) is 2.72. The molecule has 2 aromatic heterocycles. The molecule has 1 saturated carbocycles. The predicted octanol–water partition coefficient (Wildman–Crippen LogP) is 4.50. The van der Waals surface area contributed by atoms with Crippen molar-refractivity contribution >= 4 is 17.0 Å². The number of hydrogen-bond acceptors (Lipinski definition) is 3. The van der Waals surface area contributed by atoms with E-state index in [1.165, 1.54) is 23.4 Å². The minimum absolute atomic E-state index is 0.459. The summed E-state index contributed by atoms with van der Waals surface area (Å²) in [6.07, 6.45) is 6.43.